The highest BCUT2D eigenvalue weighted by Crippen LogP contribution is 2.51. The Morgan fingerprint density at radius 1 is 1.20 bits per heavy atom. The predicted octanol–water partition coefficient (Wildman–Crippen LogP) is 3.15. The van der Waals surface area contributed by atoms with Gasteiger partial charge in [0, 0.05) is 5.30 Å². The summed E-state index contributed by atoms with van der Waals surface area (Å²) in [4.78, 5) is 0. The summed E-state index contributed by atoms with van der Waals surface area (Å²) in [6.45, 7) is 8.30. The molecule has 82 valence electrons. The fourth-order valence-corrected chi connectivity index (χ4v) is 3.14. The van der Waals surface area contributed by atoms with Crippen molar-refractivity contribution in [2.75, 3.05) is 0 Å². The Balaban J connectivity index is 2.17. The Bertz CT molecular complexity index is 345. The molecule has 0 aliphatic carbocycles. The van der Waals surface area contributed by atoms with Gasteiger partial charge < -0.3 is 9.05 Å². The van der Waals surface area contributed by atoms with Crippen molar-refractivity contribution in [1.29, 1.82) is 0 Å². The molecule has 0 bridgehead atoms. The minimum Gasteiger partial charge on any atom is -0.325 e. The third-order valence-corrected chi connectivity index (χ3v) is 4.66. The molecule has 0 radical (unpaired) electrons. The van der Waals surface area contributed by atoms with E-state index in [1.807, 2.05) is 0 Å². The van der Waals surface area contributed by atoms with Crippen LogP contribution in [0.1, 0.15) is 26.3 Å². The molecule has 15 heavy (non-hydrogen) atoms. The molecule has 1 heterocycles. The van der Waals surface area contributed by atoms with Crippen molar-refractivity contribution in [3.63, 3.8) is 0 Å². The first-order valence-corrected chi connectivity index (χ1v) is 6.39. The molecule has 3 heteroatoms. The SMILES string of the molecule is Cc1ccc(P2OC(C)C(C)(C)O2)cc1. The van der Waals surface area contributed by atoms with Crippen LogP contribution in [0.2, 0.25) is 0 Å². The summed E-state index contributed by atoms with van der Waals surface area (Å²) in [5, 5.41) is 1.16. The van der Waals surface area contributed by atoms with Gasteiger partial charge in [-0.15, -0.1) is 0 Å². The zero-order valence-electron chi connectivity index (χ0n) is 9.65. The highest BCUT2D eigenvalue weighted by atomic mass is 31.2. The molecule has 1 aromatic carbocycles. The van der Waals surface area contributed by atoms with Crippen LogP contribution in [0, 0.1) is 6.92 Å². The Morgan fingerprint density at radius 3 is 2.27 bits per heavy atom. The molecule has 2 nitrogen and oxygen atoms in total. The van der Waals surface area contributed by atoms with E-state index < -0.39 is 8.38 Å². The maximum absolute atomic E-state index is 5.93. The quantitative estimate of drug-likeness (QED) is 0.682. The lowest BCUT2D eigenvalue weighted by atomic mass is 10.0. The lowest BCUT2D eigenvalue weighted by Crippen LogP contribution is -2.29. The molecule has 0 N–H and O–H groups in total. The number of rotatable bonds is 1. The van der Waals surface area contributed by atoms with Gasteiger partial charge in [0.2, 0.25) is 8.38 Å². The highest BCUT2D eigenvalue weighted by molar-refractivity contribution is 7.56. The molecule has 2 rings (SSSR count). The molecule has 0 spiro atoms. The summed E-state index contributed by atoms with van der Waals surface area (Å²) in [6.07, 6.45) is 0.157. The van der Waals surface area contributed by atoms with Gasteiger partial charge in [0.05, 0.1) is 11.7 Å². The first kappa shape index (κ1) is 11.1. The van der Waals surface area contributed by atoms with E-state index in [4.69, 9.17) is 9.05 Å². The van der Waals surface area contributed by atoms with E-state index in [1.54, 1.807) is 0 Å². The average Bonchev–Trinajstić information content (AvgIpc) is 2.42. The van der Waals surface area contributed by atoms with Gasteiger partial charge in [-0.2, -0.15) is 0 Å². The lowest BCUT2D eigenvalue weighted by Gasteiger charge is -2.19. The maximum Gasteiger partial charge on any atom is 0.206 e. The largest absolute Gasteiger partial charge is 0.325 e. The van der Waals surface area contributed by atoms with Gasteiger partial charge in [0.15, 0.2) is 0 Å². The van der Waals surface area contributed by atoms with Gasteiger partial charge in [0.1, 0.15) is 0 Å². The van der Waals surface area contributed by atoms with E-state index in [0.717, 1.165) is 5.30 Å². The second-order valence-electron chi connectivity index (χ2n) is 4.54. The fourth-order valence-electron chi connectivity index (χ4n) is 1.36. The molecule has 0 saturated carbocycles. The van der Waals surface area contributed by atoms with Gasteiger partial charge in [-0.3, -0.25) is 0 Å². The summed E-state index contributed by atoms with van der Waals surface area (Å²) in [5.41, 5.74) is 1.09. The molecule has 1 aromatic rings. The fraction of sp³-hybridized carbons (Fsp3) is 0.500. The Labute approximate surface area is 92.5 Å². The zero-order chi connectivity index (χ0) is 11.1. The molecule has 1 saturated heterocycles. The van der Waals surface area contributed by atoms with E-state index in [1.165, 1.54) is 5.56 Å². The average molecular weight is 224 g/mol. The Kier molecular flexibility index (Phi) is 2.85. The molecule has 0 amide bonds. The van der Waals surface area contributed by atoms with Crippen LogP contribution < -0.4 is 5.30 Å². The van der Waals surface area contributed by atoms with Crippen LogP contribution in [0.3, 0.4) is 0 Å². The third kappa shape index (κ3) is 2.23. The van der Waals surface area contributed by atoms with Crippen molar-refractivity contribution in [2.24, 2.45) is 0 Å². The first-order chi connectivity index (χ1) is 6.99. The predicted molar refractivity (Wildman–Crippen MR) is 63.4 cm³/mol. The molecule has 2 atom stereocenters. The van der Waals surface area contributed by atoms with Gasteiger partial charge in [-0.25, -0.2) is 0 Å². The normalized spacial score (nSPS) is 29.3. The van der Waals surface area contributed by atoms with Crippen LogP contribution in [0.15, 0.2) is 24.3 Å². The highest BCUT2D eigenvalue weighted by Gasteiger charge is 2.41. The van der Waals surface area contributed by atoms with Crippen LogP contribution in [-0.4, -0.2) is 11.7 Å². The van der Waals surface area contributed by atoms with Crippen LogP contribution >= 0.6 is 8.38 Å². The van der Waals surface area contributed by atoms with Gasteiger partial charge in [-0.05, 0) is 39.8 Å². The van der Waals surface area contributed by atoms with E-state index in [9.17, 15) is 0 Å². The molecular weight excluding hydrogens is 207 g/mol. The topological polar surface area (TPSA) is 18.5 Å². The summed E-state index contributed by atoms with van der Waals surface area (Å²) in [6, 6.07) is 8.38. The van der Waals surface area contributed by atoms with Crippen molar-refractivity contribution in [3.8, 4) is 0 Å². The van der Waals surface area contributed by atoms with Crippen LogP contribution in [0.25, 0.3) is 0 Å². The first-order valence-electron chi connectivity index (χ1n) is 5.22. The van der Waals surface area contributed by atoms with Crippen LogP contribution in [-0.2, 0) is 9.05 Å². The number of benzene rings is 1. The van der Waals surface area contributed by atoms with Crippen molar-refractivity contribution < 1.29 is 9.05 Å². The van der Waals surface area contributed by atoms with E-state index in [0.29, 0.717) is 0 Å². The minimum atomic E-state index is -0.880. The molecule has 1 aliphatic rings. The Morgan fingerprint density at radius 2 is 1.80 bits per heavy atom. The van der Waals surface area contributed by atoms with Crippen molar-refractivity contribution >= 4 is 13.7 Å². The molecule has 2 unspecified atom stereocenters. The number of hydrogen-bond acceptors (Lipinski definition) is 2. The van der Waals surface area contributed by atoms with Gasteiger partial charge >= 0.3 is 0 Å². The second-order valence-corrected chi connectivity index (χ2v) is 5.96. The third-order valence-electron chi connectivity index (χ3n) is 2.80. The van der Waals surface area contributed by atoms with Crippen molar-refractivity contribution in [3.05, 3.63) is 29.8 Å². The van der Waals surface area contributed by atoms with E-state index in [-0.39, 0.29) is 11.7 Å². The number of hydrogen-bond donors (Lipinski definition) is 0. The van der Waals surface area contributed by atoms with Gasteiger partial charge in [-0.1, -0.05) is 17.7 Å². The van der Waals surface area contributed by atoms with Gasteiger partial charge in [0.25, 0.3) is 0 Å². The molecule has 1 fully saturated rings. The summed E-state index contributed by atoms with van der Waals surface area (Å²) in [5.74, 6) is 0. The standard InChI is InChI=1S/C12H17O2P/c1-9-5-7-11(8-6-9)15-13-10(2)12(3,4)14-15/h5-8,10H,1-4H3. The minimum absolute atomic E-state index is 0.157. The molecule has 1 aliphatic heterocycles. The van der Waals surface area contributed by atoms with E-state index >= 15 is 0 Å². The Hall–Kier alpha value is -0.430. The lowest BCUT2D eigenvalue weighted by molar-refractivity contribution is 0.0854. The summed E-state index contributed by atoms with van der Waals surface area (Å²) in [7, 11) is -0.880. The maximum atomic E-state index is 5.93. The second kappa shape index (κ2) is 3.86. The van der Waals surface area contributed by atoms with Crippen molar-refractivity contribution in [1.82, 2.24) is 0 Å². The summed E-state index contributed by atoms with van der Waals surface area (Å²) < 4.78 is 11.8. The monoisotopic (exact) mass is 224 g/mol. The van der Waals surface area contributed by atoms with E-state index in [2.05, 4.69) is 52.0 Å². The zero-order valence-corrected chi connectivity index (χ0v) is 10.5. The summed E-state index contributed by atoms with van der Waals surface area (Å²) >= 11 is 0. The van der Waals surface area contributed by atoms with Crippen LogP contribution in [0.5, 0.6) is 0 Å². The molecular formula is C12H17O2P. The number of aryl methyl sites for hydroxylation is 1. The molecule has 0 aromatic heterocycles. The smallest absolute Gasteiger partial charge is 0.206 e. The van der Waals surface area contributed by atoms with Crippen molar-refractivity contribution in [2.45, 2.75) is 39.4 Å². The van der Waals surface area contributed by atoms with Crippen LogP contribution in [0.4, 0.5) is 0 Å².